The first-order chi connectivity index (χ1) is 13.6. The van der Waals surface area contributed by atoms with Crippen molar-refractivity contribution in [2.24, 2.45) is 0 Å². The highest BCUT2D eigenvalue weighted by molar-refractivity contribution is 8.01. The van der Waals surface area contributed by atoms with Crippen LogP contribution in [0.5, 0.6) is 0 Å². The van der Waals surface area contributed by atoms with E-state index in [1.165, 1.54) is 23.1 Å². The molecule has 0 radical (unpaired) electrons. The maximum absolute atomic E-state index is 13.7. The summed E-state index contributed by atoms with van der Waals surface area (Å²) in [5.74, 6) is -0.600. The fraction of sp³-hybridized carbons (Fsp3) is 0.278. The van der Waals surface area contributed by atoms with Crippen molar-refractivity contribution in [3.63, 3.8) is 0 Å². The number of nitrogens with zero attached hydrogens (tertiary/aromatic N) is 1. The van der Waals surface area contributed by atoms with E-state index in [1.54, 1.807) is 0 Å². The van der Waals surface area contributed by atoms with Crippen LogP contribution in [0.15, 0.2) is 46.8 Å². The lowest BCUT2D eigenvalue weighted by Crippen LogP contribution is -2.26. The Hall–Kier alpha value is -1.69. The normalized spacial score (nSPS) is 12.6. The van der Waals surface area contributed by atoms with E-state index in [0.29, 0.717) is 30.4 Å². The fourth-order valence-electron chi connectivity index (χ4n) is 2.47. The third kappa shape index (κ3) is 6.14. The lowest BCUT2D eigenvalue weighted by Gasteiger charge is -2.11. The second kappa shape index (κ2) is 8.99. The number of benzene rings is 2. The molecule has 1 aromatic heterocycles. The van der Waals surface area contributed by atoms with Crippen molar-refractivity contribution in [2.45, 2.75) is 23.5 Å². The second-order valence-corrected chi connectivity index (χ2v) is 10.4. The molecule has 0 bridgehead atoms. The predicted octanol–water partition coefficient (Wildman–Crippen LogP) is 5.06. The summed E-state index contributed by atoms with van der Waals surface area (Å²) in [4.78, 5) is 4.44. The molecule has 0 amide bonds. The predicted molar refractivity (Wildman–Crippen MR) is 107 cm³/mol. The lowest BCUT2D eigenvalue weighted by molar-refractivity contribution is -0.137. The van der Waals surface area contributed by atoms with E-state index in [9.17, 15) is 26.0 Å². The van der Waals surface area contributed by atoms with E-state index < -0.39 is 34.1 Å². The number of alkyl halides is 3. The molecule has 1 N–H and O–H groups in total. The van der Waals surface area contributed by atoms with E-state index >= 15 is 0 Å². The largest absolute Gasteiger partial charge is 0.416 e. The topological polar surface area (TPSA) is 59.1 Å². The van der Waals surface area contributed by atoms with Gasteiger partial charge in [0.05, 0.1) is 21.5 Å². The molecule has 29 heavy (non-hydrogen) atoms. The summed E-state index contributed by atoms with van der Waals surface area (Å²) in [6.07, 6.45) is -4.31. The van der Waals surface area contributed by atoms with Gasteiger partial charge in [-0.15, -0.1) is 11.3 Å². The van der Waals surface area contributed by atoms with Gasteiger partial charge in [-0.3, -0.25) is 0 Å². The van der Waals surface area contributed by atoms with Gasteiger partial charge in [0.2, 0.25) is 10.0 Å². The Morgan fingerprint density at radius 1 is 1.14 bits per heavy atom. The first-order valence-corrected chi connectivity index (χ1v) is 11.9. The van der Waals surface area contributed by atoms with Crippen LogP contribution in [-0.4, -0.2) is 24.9 Å². The van der Waals surface area contributed by atoms with Gasteiger partial charge < -0.3 is 0 Å². The monoisotopic (exact) mass is 464 g/mol. The minimum Gasteiger partial charge on any atom is -0.230 e. The summed E-state index contributed by atoms with van der Waals surface area (Å²) in [6.45, 7) is -0.539. The molecule has 0 aliphatic rings. The van der Waals surface area contributed by atoms with Gasteiger partial charge in [-0.2, -0.15) is 13.2 Å². The second-order valence-electron chi connectivity index (χ2n) is 6.09. The smallest absolute Gasteiger partial charge is 0.230 e. The number of halogens is 4. The average Bonchev–Trinajstić information content (AvgIpc) is 3.06. The van der Waals surface area contributed by atoms with E-state index in [0.717, 1.165) is 14.6 Å². The Morgan fingerprint density at radius 3 is 2.62 bits per heavy atom. The van der Waals surface area contributed by atoms with Crippen LogP contribution in [0.1, 0.15) is 17.5 Å². The first-order valence-electron chi connectivity index (χ1n) is 8.45. The maximum Gasteiger partial charge on any atom is 0.416 e. The Bertz CT molecular complexity index is 1060. The molecule has 4 nitrogen and oxygen atoms in total. The van der Waals surface area contributed by atoms with Gasteiger partial charge in [0.25, 0.3) is 0 Å². The van der Waals surface area contributed by atoms with Gasteiger partial charge in [0.15, 0.2) is 4.34 Å². The van der Waals surface area contributed by atoms with Crippen LogP contribution in [0.4, 0.5) is 17.6 Å². The van der Waals surface area contributed by atoms with Gasteiger partial charge in [0.1, 0.15) is 5.82 Å². The summed E-state index contributed by atoms with van der Waals surface area (Å²) >= 11 is 2.96. The van der Waals surface area contributed by atoms with Gasteiger partial charge in [-0.1, -0.05) is 23.9 Å². The molecule has 2 aromatic carbocycles. The SMILES string of the molecule is O=S(=O)(CCCSc1nc2ccccc2s1)NCc1cc(C(F)(F)F)ccc1F. The van der Waals surface area contributed by atoms with E-state index in [4.69, 9.17) is 0 Å². The highest BCUT2D eigenvalue weighted by Gasteiger charge is 2.31. The summed E-state index contributed by atoms with van der Waals surface area (Å²) in [5.41, 5.74) is -0.495. The Labute approximate surface area is 173 Å². The van der Waals surface area contributed by atoms with Crippen LogP contribution < -0.4 is 4.72 Å². The lowest BCUT2D eigenvalue weighted by atomic mass is 10.1. The van der Waals surface area contributed by atoms with Crippen LogP contribution in [0.25, 0.3) is 10.2 Å². The molecule has 0 spiro atoms. The molecule has 0 aliphatic heterocycles. The Balaban J connectivity index is 1.50. The number of para-hydroxylation sites is 1. The van der Waals surface area contributed by atoms with Crippen LogP contribution >= 0.6 is 23.1 Å². The van der Waals surface area contributed by atoms with Crippen molar-refractivity contribution in [1.29, 1.82) is 0 Å². The van der Waals surface area contributed by atoms with Gasteiger partial charge >= 0.3 is 6.18 Å². The Morgan fingerprint density at radius 2 is 1.90 bits per heavy atom. The Kier molecular flexibility index (Phi) is 6.82. The van der Waals surface area contributed by atoms with E-state index in [1.807, 2.05) is 24.3 Å². The number of rotatable bonds is 8. The van der Waals surface area contributed by atoms with Crippen molar-refractivity contribution in [1.82, 2.24) is 9.71 Å². The number of sulfonamides is 1. The molecule has 0 atom stereocenters. The zero-order chi connectivity index (χ0) is 21.1. The number of thioether (sulfide) groups is 1. The number of hydrogen-bond donors (Lipinski definition) is 1. The zero-order valence-corrected chi connectivity index (χ0v) is 17.3. The molecule has 11 heteroatoms. The maximum atomic E-state index is 13.7. The van der Waals surface area contributed by atoms with E-state index in [-0.39, 0.29) is 11.3 Å². The number of aromatic nitrogens is 1. The molecule has 0 unspecified atom stereocenters. The minimum absolute atomic E-state index is 0.217. The summed E-state index contributed by atoms with van der Waals surface area (Å²) < 4.78 is 80.0. The number of fused-ring (bicyclic) bond motifs is 1. The molecule has 0 saturated heterocycles. The fourth-order valence-corrected chi connectivity index (χ4v) is 5.77. The van der Waals surface area contributed by atoms with Crippen molar-refractivity contribution >= 4 is 43.3 Å². The molecule has 0 aliphatic carbocycles. The molecule has 3 rings (SSSR count). The molecule has 0 fully saturated rings. The molecule has 1 heterocycles. The zero-order valence-electron chi connectivity index (χ0n) is 14.9. The van der Waals surface area contributed by atoms with Crippen molar-refractivity contribution in [3.8, 4) is 0 Å². The first kappa shape index (κ1) is 22.0. The molecular weight excluding hydrogens is 448 g/mol. The van der Waals surface area contributed by atoms with E-state index in [2.05, 4.69) is 9.71 Å². The van der Waals surface area contributed by atoms with Gasteiger partial charge in [0, 0.05) is 17.9 Å². The quantitative estimate of drug-likeness (QED) is 0.288. The number of hydrogen-bond acceptors (Lipinski definition) is 5. The van der Waals surface area contributed by atoms with Crippen molar-refractivity contribution in [3.05, 3.63) is 59.4 Å². The van der Waals surface area contributed by atoms with Crippen molar-refractivity contribution in [2.75, 3.05) is 11.5 Å². The number of nitrogens with one attached hydrogen (secondary N) is 1. The molecule has 0 saturated carbocycles. The average molecular weight is 465 g/mol. The van der Waals surface area contributed by atoms with Crippen molar-refractivity contribution < 1.29 is 26.0 Å². The third-order valence-corrected chi connectivity index (χ3v) is 7.59. The molecular formula is C18H16F4N2O2S3. The highest BCUT2D eigenvalue weighted by Crippen LogP contribution is 2.31. The summed E-state index contributed by atoms with van der Waals surface area (Å²) in [5, 5.41) is 0. The van der Waals surface area contributed by atoms with Crippen LogP contribution in [0.2, 0.25) is 0 Å². The summed E-state index contributed by atoms with van der Waals surface area (Å²) in [6, 6.07) is 9.58. The van der Waals surface area contributed by atoms with Gasteiger partial charge in [-0.25, -0.2) is 22.5 Å². The van der Waals surface area contributed by atoms with Crippen LogP contribution in [-0.2, 0) is 22.7 Å². The summed E-state index contributed by atoms with van der Waals surface area (Å²) in [7, 11) is -3.75. The van der Waals surface area contributed by atoms with Crippen LogP contribution in [0, 0.1) is 5.82 Å². The standard InChI is InChI=1S/C18H16F4N2O2S3/c19-14-7-6-13(18(20,21)22)10-12(14)11-23-29(25,26)9-3-8-27-17-24-15-4-1-2-5-16(15)28-17/h1-2,4-7,10,23H,3,8-9,11H2. The number of thiazole rings is 1. The van der Waals surface area contributed by atoms with Gasteiger partial charge in [-0.05, 0) is 36.8 Å². The van der Waals surface area contributed by atoms with Crippen LogP contribution in [0.3, 0.4) is 0 Å². The molecule has 156 valence electrons. The highest BCUT2D eigenvalue weighted by atomic mass is 32.2. The minimum atomic E-state index is -4.63. The molecule has 3 aromatic rings. The third-order valence-electron chi connectivity index (χ3n) is 3.91.